The Morgan fingerprint density at radius 3 is 3.09 bits per heavy atom. The molecule has 1 fully saturated rings. The lowest BCUT2D eigenvalue weighted by atomic mass is 10.0. The summed E-state index contributed by atoms with van der Waals surface area (Å²) in [5.74, 6) is 0.907. The minimum atomic E-state index is -0.481. The van der Waals surface area contributed by atoms with Crippen LogP contribution in [0.3, 0.4) is 0 Å². The molecule has 0 amide bonds. The summed E-state index contributed by atoms with van der Waals surface area (Å²) in [6.45, 7) is 1.54. The Hall–Kier alpha value is -2.34. The molecule has 1 aliphatic heterocycles. The topological polar surface area (TPSA) is 64.8 Å². The predicted molar refractivity (Wildman–Crippen MR) is 83.2 cm³/mol. The molecule has 2 heterocycles. The minimum Gasteiger partial charge on any atom is -0.497 e. The minimum absolute atomic E-state index is 0.208. The van der Waals surface area contributed by atoms with E-state index in [1.807, 2.05) is 12.1 Å². The molecule has 1 saturated heterocycles. The summed E-state index contributed by atoms with van der Waals surface area (Å²) in [5, 5.41) is 0. The fourth-order valence-electron chi connectivity index (χ4n) is 3.00. The molecule has 0 saturated carbocycles. The van der Waals surface area contributed by atoms with E-state index in [0.717, 1.165) is 25.1 Å². The molecule has 1 atom stereocenters. The SMILES string of the molecule is COC(=O)c1coc(CN2CCCC2c2cccc(OC)c2)n1. The molecule has 1 aromatic carbocycles. The molecule has 6 heteroatoms. The molecule has 1 aromatic heterocycles. The van der Waals surface area contributed by atoms with Gasteiger partial charge in [0, 0.05) is 6.04 Å². The van der Waals surface area contributed by atoms with Gasteiger partial charge >= 0.3 is 5.97 Å². The Kier molecular flexibility index (Phi) is 4.62. The molecule has 1 aliphatic rings. The number of hydrogen-bond acceptors (Lipinski definition) is 6. The molecule has 3 rings (SSSR count). The number of rotatable bonds is 5. The largest absolute Gasteiger partial charge is 0.497 e. The van der Waals surface area contributed by atoms with Crippen molar-refractivity contribution in [2.24, 2.45) is 0 Å². The number of hydrogen-bond donors (Lipinski definition) is 0. The third-order valence-corrected chi connectivity index (χ3v) is 4.13. The van der Waals surface area contributed by atoms with Crippen molar-refractivity contribution in [3.8, 4) is 5.75 Å². The van der Waals surface area contributed by atoms with Crippen LogP contribution in [-0.2, 0) is 11.3 Å². The molecule has 6 nitrogen and oxygen atoms in total. The van der Waals surface area contributed by atoms with Crippen LogP contribution in [0.25, 0.3) is 0 Å². The fourth-order valence-corrected chi connectivity index (χ4v) is 3.00. The monoisotopic (exact) mass is 316 g/mol. The van der Waals surface area contributed by atoms with Crippen molar-refractivity contribution in [1.29, 1.82) is 0 Å². The Morgan fingerprint density at radius 1 is 1.43 bits per heavy atom. The van der Waals surface area contributed by atoms with Crippen molar-refractivity contribution in [2.45, 2.75) is 25.4 Å². The molecule has 23 heavy (non-hydrogen) atoms. The number of esters is 1. The summed E-state index contributed by atoms with van der Waals surface area (Å²) in [7, 11) is 3.00. The maximum atomic E-state index is 11.4. The molecule has 0 N–H and O–H groups in total. The zero-order valence-electron chi connectivity index (χ0n) is 13.3. The number of likely N-dealkylation sites (tertiary alicyclic amines) is 1. The maximum Gasteiger partial charge on any atom is 0.360 e. The van der Waals surface area contributed by atoms with Crippen LogP contribution in [0.2, 0.25) is 0 Å². The number of aromatic nitrogens is 1. The first kappa shape index (κ1) is 15.6. The van der Waals surface area contributed by atoms with Crippen molar-refractivity contribution in [3.63, 3.8) is 0 Å². The van der Waals surface area contributed by atoms with Gasteiger partial charge < -0.3 is 13.9 Å². The van der Waals surface area contributed by atoms with E-state index in [1.165, 1.54) is 18.9 Å². The highest BCUT2D eigenvalue weighted by molar-refractivity contribution is 5.86. The van der Waals surface area contributed by atoms with Crippen molar-refractivity contribution >= 4 is 5.97 Å². The third-order valence-electron chi connectivity index (χ3n) is 4.13. The summed E-state index contributed by atoms with van der Waals surface area (Å²) < 4.78 is 15.4. The molecule has 2 aromatic rings. The molecule has 0 spiro atoms. The van der Waals surface area contributed by atoms with E-state index in [1.54, 1.807) is 7.11 Å². The number of nitrogens with zero attached hydrogens (tertiary/aromatic N) is 2. The standard InChI is InChI=1S/C17H20N2O4/c1-21-13-6-3-5-12(9-13)15-7-4-8-19(15)10-16-18-14(11-23-16)17(20)22-2/h3,5-6,9,11,15H,4,7-8,10H2,1-2H3. The van der Waals surface area contributed by atoms with E-state index < -0.39 is 5.97 Å². The second-order valence-corrected chi connectivity index (χ2v) is 5.52. The van der Waals surface area contributed by atoms with Gasteiger partial charge in [-0.1, -0.05) is 12.1 Å². The zero-order chi connectivity index (χ0) is 16.2. The van der Waals surface area contributed by atoms with E-state index in [4.69, 9.17) is 9.15 Å². The number of benzene rings is 1. The van der Waals surface area contributed by atoms with Crippen LogP contribution in [0.15, 0.2) is 34.9 Å². The predicted octanol–water partition coefficient (Wildman–Crippen LogP) is 2.81. The molecule has 122 valence electrons. The fraction of sp³-hybridized carbons (Fsp3) is 0.412. The molecular weight excluding hydrogens is 296 g/mol. The lowest BCUT2D eigenvalue weighted by Gasteiger charge is -2.23. The van der Waals surface area contributed by atoms with Gasteiger partial charge in [-0.2, -0.15) is 0 Å². The van der Waals surface area contributed by atoms with Crippen molar-refractivity contribution in [2.75, 3.05) is 20.8 Å². The van der Waals surface area contributed by atoms with Gasteiger partial charge in [-0.25, -0.2) is 9.78 Å². The quantitative estimate of drug-likeness (QED) is 0.790. The van der Waals surface area contributed by atoms with Crippen LogP contribution in [0.5, 0.6) is 5.75 Å². The molecule has 1 unspecified atom stereocenters. The van der Waals surface area contributed by atoms with Gasteiger partial charge in [-0.05, 0) is 37.1 Å². The van der Waals surface area contributed by atoms with Crippen LogP contribution >= 0.6 is 0 Å². The van der Waals surface area contributed by atoms with Gasteiger partial charge in [0.05, 0.1) is 20.8 Å². The summed E-state index contributed by atoms with van der Waals surface area (Å²) >= 11 is 0. The van der Waals surface area contributed by atoms with Gasteiger partial charge in [-0.15, -0.1) is 0 Å². The van der Waals surface area contributed by atoms with Gasteiger partial charge in [-0.3, -0.25) is 4.90 Å². The Balaban J connectivity index is 1.74. The van der Waals surface area contributed by atoms with E-state index in [-0.39, 0.29) is 5.69 Å². The van der Waals surface area contributed by atoms with Crippen molar-refractivity contribution < 1.29 is 18.7 Å². The van der Waals surface area contributed by atoms with Crippen molar-refractivity contribution in [1.82, 2.24) is 9.88 Å². The first-order valence-electron chi connectivity index (χ1n) is 7.62. The summed E-state index contributed by atoms with van der Waals surface area (Å²) in [4.78, 5) is 18.0. The molecular formula is C17H20N2O4. The molecule has 0 radical (unpaired) electrons. The summed E-state index contributed by atoms with van der Waals surface area (Å²) in [5.41, 5.74) is 1.43. The average Bonchev–Trinajstić information content (AvgIpc) is 3.24. The molecule has 0 bridgehead atoms. The number of ether oxygens (including phenoxy) is 2. The second kappa shape index (κ2) is 6.83. The van der Waals surface area contributed by atoms with Crippen molar-refractivity contribution in [3.05, 3.63) is 47.7 Å². The first-order valence-corrected chi connectivity index (χ1v) is 7.62. The average molecular weight is 316 g/mol. The summed E-state index contributed by atoms with van der Waals surface area (Å²) in [6.07, 6.45) is 3.54. The van der Waals surface area contributed by atoms with Gasteiger partial charge in [0.1, 0.15) is 12.0 Å². The number of carbonyl (C=O) groups excluding carboxylic acids is 1. The number of oxazole rings is 1. The normalized spacial score (nSPS) is 18.1. The Morgan fingerprint density at radius 2 is 2.30 bits per heavy atom. The smallest absolute Gasteiger partial charge is 0.360 e. The highest BCUT2D eigenvalue weighted by atomic mass is 16.5. The van der Waals surface area contributed by atoms with Crippen LogP contribution in [0, 0.1) is 0 Å². The van der Waals surface area contributed by atoms with E-state index in [0.29, 0.717) is 18.5 Å². The first-order chi connectivity index (χ1) is 11.2. The number of methoxy groups -OCH3 is 2. The number of carbonyl (C=O) groups is 1. The van der Waals surface area contributed by atoms with E-state index in [2.05, 4.69) is 26.8 Å². The highest BCUT2D eigenvalue weighted by Crippen LogP contribution is 2.34. The summed E-state index contributed by atoms with van der Waals surface area (Å²) in [6, 6.07) is 8.43. The van der Waals surface area contributed by atoms with Gasteiger partial charge in [0.2, 0.25) is 5.89 Å². The van der Waals surface area contributed by atoms with E-state index in [9.17, 15) is 4.79 Å². The van der Waals surface area contributed by atoms with Crippen LogP contribution < -0.4 is 4.74 Å². The lowest BCUT2D eigenvalue weighted by Crippen LogP contribution is -2.23. The highest BCUT2D eigenvalue weighted by Gasteiger charge is 2.27. The van der Waals surface area contributed by atoms with Gasteiger partial charge in [0.25, 0.3) is 0 Å². The molecule has 0 aliphatic carbocycles. The zero-order valence-corrected chi connectivity index (χ0v) is 13.3. The Labute approximate surface area is 135 Å². The lowest BCUT2D eigenvalue weighted by molar-refractivity contribution is 0.0594. The van der Waals surface area contributed by atoms with Crippen LogP contribution in [0.4, 0.5) is 0 Å². The second-order valence-electron chi connectivity index (χ2n) is 5.52. The van der Waals surface area contributed by atoms with E-state index >= 15 is 0 Å². The van der Waals surface area contributed by atoms with Crippen LogP contribution in [-0.4, -0.2) is 36.6 Å². The van der Waals surface area contributed by atoms with Gasteiger partial charge in [0.15, 0.2) is 5.69 Å². The maximum absolute atomic E-state index is 11.4. The van der Waals surface area contributed by atoms with Crippen LogP contribution in [0.1, 0.15) is 40.8 Å². The Bertz CT molecular complexity index is 683. The third kappa shape index (κ3) is 3.37.